The van der Waals surface area contributed by atoms with Crippen molar-refractivity contribution < 1.29 is 13.7 Å². The largest absolute Gasteiger partial charge is 0.456 e. The molecule has 5 heteroatoms. The van der Waals surface area contributed by atoms with E-state index < -0.39 is 0 Å². The molecule has 0 radical (unpaired) electrons. The van der Waals surface area contributed by atoms with Crippen LogP contribution in [0.3, 0.4) is 0 Å². The second-order valence-corrected chi connectivity index (χ2v) is 5.09. The van der Waals surface area contributed by atoms with Crippen LogP contribution in [-0.4, -0.2) is 11.1 Å². The molecule has 1 amide bonds. The number of carbonyl (C=O) groups is 1. The number of aryl methyl sites for hydroxylation is 1. The predicted octanol–water partition coefficient (Wildman–Crippen LogP) is 4.13. The van der Waals surface area contributed by atoms with E-state index in [0.717, 1.165) is 21.9 Å². The highest BCUT2D eigenvalue weighted by atomic mass is 16.5. The molecule has 4 rings (SSSR count). The van der Waals surface area contributed by atoms with Crippen LogP contribution >= 0.6 is 0 Å². The minimum atomic E-state index is -0.302. The van der Waals surface area contributed by atoms with Gasteiger partial charge in [0.15, 0.2) is 5.69 Å². The summed E-state index contributed by atoms with van der Waals surface area (Å²) in [5.74, 6) is 0.297. The quantitative estimate of drug-likeness (QED) is 0.603. The molecule has 108 valence electrons. The number of carbonyl (C=O) groups excluding carboxylic acids is 1. The van der Waals surface area contributed by atoms with E-state index in [1.807, 2.05) is 36.4 Å². The fourth-order valence-corrected chi connectivity index (χ4v) is 2.47. The molecule has 0 aliphatic heterocycles. The lowest BCUT2D eigenvalue weighted by molar-refractivity contribution is 0.101. The smallest absolute Gasteiger partial charge is 0.277 e. The molecule has 2 heterocycles. The Hall–Kier alpha value is -3.08. The Kier molecular flexibility index (Phi) is 2.72. The van der Waals surface area contributed by atoms with Gasteiger partial charge < -0.3 is 14.3 Å². The highest BCUT2D eigenvalue weighted by Gasteiger charge is 2.12. The van der Waals surface area contributed by atoms with Gasteiger partial charge in [0.25, 0.3) is 5.91 Å². The molecule has 0 aliphatic rings. The molecule has 0 aliphatic carbocycles. The predicted molar refractivity (Wildman–Crippen MR) is 82.9 cm³/mol. The topological polar surface area (TPSA) is 68.3 Å². The van der Waals surface area contributed by atoms with Crippen molar-refractivity contribution in [2.24, 2.45) is 0 Å². The molecule has 0 atom stereocenters. The van der Waals surface area contributed by atoms with Crippen LogP contribution in [0.2, 0.25) is 0 Å². The van der Waals surface area contributed by atoms with Crippen LogP contribution in [0, 0.1) is 6.92 Å². The van der Waals surface area contributed by atoms with Crippen molar-refractivity contribution in [1.82, 2.24) is 5.16 Å². The molecule has 2 aromatic carbocycles. The Bertz CT molecular complexity index is 997. The van der Waals surface area contributed by atoms with Gasteiger partial charge in [0.1, 0.15) is 16.9 Å². The van der Waals surface area contributed by atoms with Crippen LogP contribution in [0.15, 0.2) is 57.5 Å². The van der Waals surface area contributed by atoms with Crippen molar-refractivity contribution in [1.29, 1.82) is 0 Å². The van der Waals surface area contributed by atoms with Gasteiger partial charge in [0, 0.05) is 22.5 Å². The van der Waals surface area contributed by atoms with E-state index in [0.29, 0.717) is 11.4 Å². The Balaban J connectivity index is 1.73. The molecule has 1 N–H and O–H groups in total. The first-order valence-electron chi connectivity index (χ1n) is 6.87. The Morgan fingerprint density at radius 1 is 1.05 bits per heavy atom. The summed E-state index contributed by atoms with van der Waals surface area (Å²) in [6, 6.07) is 14.9. The summed E-state index contributed by atoms with van der Waals surface area (Å²) in [6.45, 7) is 1.74. The van der Waals surface area contributed by atoms with Gasteiger partial charge in [-0.1, -0.05) is 23.4 Å². The fraction of sp³-hybridized carbons (Fsp3) is 0.0588. The first-order valence-corrected chi connectivity index (χ1v) is 6.87. The lowest BCUT2D eigenvalue weighted by atomic mass is 10.1. The number of aromatic nitrogens is 1. The Morgan fingerprint density at radius 2 is 1.86 bits per heavy atom. The fourth-order valence-electron chi connectivity index (χ4n) is 2.47. The number of hydrogen-bond donors (Lipinski definition) is 1. The van der Waals surface area contributed by atoms with Crippen molar-refractivity contribution in [2.45, 2.75) is 6.92 Å². The Labute approximate surface area is 125 Å². The molecule has 22 heavy (non-hydrogen) atoms. The third kappa shape index (κ3) is 2.03. The van der Waals surface area contributed by atoms with Gasteiger partial charge in [0.2, 0.25) is 0 Å². The monoisotopic (exact) mass is 292 g/mol. The van der Waals surface area contributed by atoms with E-state index in [4.69, 9.17) is 8.94 Å². The van der Waals surface area contributed by atoms with Gasteiger partial charge in [-0.05, 0) is 31.2 Å². The highest BCUT2D eigenvalue weighted by Crippen LogP contribution is 2.30. The number of benzene rings is 2. The zero-order chi connectivity index (χ0) is 15.1. The standard InChI is InChI=1S/C17H12N2O3/c1-10-8-14(19-22-10)17(20)18-11-6-7-16-13(9-11)12-4-2-3-5-15(12)21-16/h2-9H,1H3,(H,18,20). The van der Waals surface area contributed by atoms with E-state index in [-0.39, 0.29) is 11.6 Å². The maximum absolute atomic E-state index is 12.1. The normalized spacial score (nSPS) is 11.1. The van der Waals surface area contributed by atoms with Gasteiger partial charge in [-0.15, -0.1) is 0 Å². The zero-order valence-corrected chi connectivity index (χ0v) is 11.8. The molecule has 2 aromatic heterocycles. The number of rotatable bonds is 2. The van der Waals surface area contributed by atoms with E-state index in [2.05, 4.69) is 10.5 Å². The SMILES string of the molecule is Cc1cc(C(=O)Nc2ccc3oc4ccccc4c3c2)no1. The van der Waals surface area contributed by atoms with Crippen molar-refractivity contribution in [3.63, 3.8) is 0 Å². The number of hydrogen-bond acceptors (Lipinski definition) is 4. The molecule has 0 spiro atoms. The van der Waals surface area contributed by atoms with Crippen LogP contribution in [0.5, 0.6) is 0 Å². The van der Waals surface area contributed by atoms with Crippen molar-refractivity contribution in [3.8, 4) is 0 Å². The molecular weight excluding hydrogens is 280 g/mol. The van der Waals surface area contributed by atoms with Gasteiger partial charge in [-0.3, -0.25) is 4.79 Å². The van der Waals surface area contributed by atoms with Gasteiger partial charge >= 0.3 is 0 Å². The van der Waals surface area contributed by atoms with Crippen LogP contribution in [-0.2, 0) is 0 Å². The van der Waals surface area contributed by atoms with E-state index >= 15 is 0 Å². The Morgan fingerprint density at radius 3 is 2.68 bits per heavy atom. The summed E-state index contributed by atoms with van der Waals surface area (Å²) in [5.41, 5.74) is 2.56. The lowest BCUT2D eigenvalue weighted by Crippen LogP contribution is -2.11. The maximum Gasteiger partial charge on any atom is 0.277 e. The molecule has 0 saturated carbocycles. The molecular formula is C17H12N2O3. The summed E-state index contributed by atoms with van der Waals surface area (Å²) in [4.78, 5) is 12.1. The van der Waals surface area contributed by atoms with Crippen LogP contribution in [0.25, 0.3) is 21.9 Å². The van der Waals surface area contributed by atoms with E-state index in [1.54, 1.807) is 19.1 Å². The number of anilines is 1. The van der Waals surface area contributed by atoms with Gasteiger partial charge in [0.05, 0.1) is 0 Å². The first-order chi connectivity index (χ1) is 10.7. The molecule has 4 aromatic rings. The summed E-state index contributed by atoms with van der Waals surface area (Å²) >= 11 is 0. The second-order valence-electron chi connectivity index (χ2n) is 5.09. The second kappa shape index (κ2) is 4.73. The minimum absolute atomic E-state index is 0.259. The molecule has 0 unspecified atom stereocenters. The first kappa shape index (κ1) is 12.6. The summed E-state index contributed by atoms with van der Waals surface area (Å²) in [5, 5.41) is 8.51. The molecule has 5 nitrogen and oxygen atoms in total. The molecule has 0 saturated heterocycles. The number of nitrogens with one attached hydrogen (secondary N) is 1. The zero-order valence-electron chi connectivity index (χ0n) is 11.8. The van der Waals surface area contributed by atoms with E-state index in [1.165, 1.54) is 0 Å². The van der Waals surface area contributed by atoms with Gasteiger partial charge in [-0.25, -0.2) is 0 Å². The summed E-state index contributed by atoms with van der Waals surface area (Å²) in [6.07, 6.45) is 0. The average Bonchev–Trinajstić information content (AvgIpc) is 3.11. The lowest BCUT2D eigenvalue weighted by Gasteiger charge is -2.02. The number of para-hydroxylation sites is 1. The van der Waals surface area contributed by atoms with Crippen LogP contribution in [0.1, 0.15) is 16.2 Å². The summed E-state index contributed by atoms with van der Waals surface area (Å²) in [7, 11) is 0. The van der Waals surface area contributed by atoms with Crippen LogP contribution < -0.4 is 5.32 Å². The third-order valence-electron chi connectivity index (χ3n) is 3.50. The van der Waals surface area contributed by atoms with Crippen molar-refractivity contribution in [3.05, 3.63) is 60.0 Å². The number of fused-ring (bicyclic) bond motifs is 3. The van der Waals surface area contributed by atoms with Gasteiger partial charge in [-0.2, -0.15) is 0 Å². The minimum Gasteiger partial charge on any atom is -0.456 e. The van der Waals surface area contributed by atoms with Crippen LogP contribution in [0.4, 0.5) is 5.69 Å². The number of furan rings is 1. The van der Waals surface area contributed by atoms with Crippen molar-refractivity contribution >= 4 is 33.5 Å². The number of nitrogens with zero attached hydrogens (tertiary/aromatic N) is 1. The highest BCUT2D eigenvalue weighted by molar-refractivity contribution is 6.08. The average molecular weight is 292 g/mol. The van der Waals surface area contributed by atoms with Crippen molar-refractivity contribution in [2.75, 3.05) is 5.32 Å². The number of amides is 1. The summed E-state index contributed by atoms with van der Waals surface area (Å²) < 4.78 is 10.7. The third-order valence-corrected chi connectivity index (χ3v) is 3.50. The van der Waals surface area contributed by atoms with E-state index in [9.17, 15) is 4.79 Å². The molecule has 0 fully saturated rings. The molecule has 0 bridgehead atoms. The maximum atomic E-state index is 12.1.